The molecule has 2 rings (SSSR count). The first-order chi connectivity index (χ1) is 8.72. The van der Waals surface area contributed by atoms with E-state index in [0.717, 1.165) is 18.4 Å². The summed E-state index contributed by atoms with van der Waals surface area (Å²) >= 11 is 0. The van der Waals surface area contributed by atoms with Crippen LogP contribution in [0.4, 0.5) is 0 Å². The summed E-state index contributed by atoms with van der Waals surface area (Å²) in [6.07, 6.45) is 2.57. The molecule has 1 aliphatic rings. The van der Waals surface area contributed by atoms with Crippen LogP contribution in [0.5, 0.6) is 0 Å². The second kappa shape index (κ2) is 5.67. The molecule has 0 aliphatic carbocycles. The smallest absolute Gasteiger partial charge is 0.252 e. The van der Waals surface area contributed by atoms with Crippen molar-refractivity contribution in [2.45, 2.75) is 32.2 Å². The number of fused-ring (bicyclic) bond motifs is 1. The van der Waals surface area contributed by atoms with Crippen molar-refractivity contribution in [1.29, 1.82) is 0 Å². The zero-order chi connectivity index (χ0) is 13.0. The van der Waals surface area contributed by atoms with Crippen LogP contribution in [0.3, 0.4) is 0 Å². The van der Waals surface area contributed by atoms with Crippen LogP contribution in [0.15, 0.2) is 24.3 Å². The lowest BCUT2D eigenvalue weighted by Gasteiger charge is -2.24. The first-order valence-corrected chi connectivity index (χ1v) is 6.39. The Morgan fingerprint density at radius 1 is 1.44 bits per heavy atom. The third kappa shape index (κ3) is 2.70. The molecule has 0 spiro atoms. The average molecular weight is 246 g/mol. The van der Waals surface area contributed by atoms with Crippen LogP contribution < -0.4 is 10.6 Å². The monoisotopic (exact) mass is 246 g/mol. The fraction of sp³-hybridized carbons (Fsp3) is 0.429. The molecule has 4 heteroatoms. The number of nitrogens with one attached hydrogen (secondary N) is 2. The Bertz CT molecular complexity index is 457. The van der Waals surface area contributed by atoms with Gasteiger partial charge in [0, 0.05) is 18.5 Å². The zero-order valence-corrected chi connectivity index (χ0v) is 10.5. The molecule has 0 fully saturated rings. The highest BCUT2D eigenvalue weighted by molar-refractivity contribution is 6.00. The Morgan fingerprint density at radius 3 is 3.00 bits per heavy atom. The van der Waals surface area contributed by atoms with E-state index >= 15 is 0 Å². The van der Waals surface area contributed by atoms with Crippen molar-refractivity contribution < 1.29 is 9.59 Å². The molecule has 0 bridgehead atoms. The molecule has 0 radical (unpaired) electrons. The van der Waals surface area contributed by atoms with E-state index in [0.29, 0.717) is 18.5 Å². The number of hydrogen-bond acceptors (Lipinski definition) is 2. The van der Waals surface area contributed by atoms with Gasteiger partial charge in [-0.15, -0.1) is 0 Å². The maximum Gasteiger partial charge on any atom is 0.252 e. The minimum Gasteiger partial charge on any atom is -0.354 e. The average Bonchev–Trinajstić information content (AvgIpc) is 2.39. The molecule has 0 saturated heterocycles. The van der Waals surface area contributed by atoms with Crippen LogP contribution in [0, 0.1) is 0 Å². The van der Waals surface area contributed by atoms with Gasteiger partial charge in [-0.1, -0.05) is 31.5 Å². The molecule has 4 nitrogen and oxygen atoms in total. The van der Waals surface area contributed by atoms with Gasteiger partial charge in [0.05, 0.1) is 0 Å². The molecular formula is C14H18N2O2. The van der Waals surface area contributed by atoms with Crippen molar-refractivity contribution in [3.63, 3.8) is 0 Å². The van der Waals surface area contributed by atoms with Gasteiger partial charge < -0.3 is 10.6 Å². The highest BCUT2D eigenvalue weighted by Gasteiger charge is 2.28. The van der Waals surface area contributed by atoms with E-state index in [1.807, 2.05) is 18.2 Å². The van der Waals surface area contributed by atoms with Crippen LogP contribution in [-0.4, -0.2) is 24.4 Å². The van der Waals surface area contributed by atoms with E-state index in [2.05, 4.69) is 17.6 Å². The molecule has 2 N–H and O–H groups in total. The lowest BCUT2D eigenvalue weighted by molar-refractivity contribution is -0.123. The maximum absolute atomic E-state index is 11.9. The SMILES string of the molecule is CCCCNC(=O)[C@H]1Cc2ccccc2C(=O)N1. The summed E-state index contributed by atoms with van der Waals surface area (Å²) in [5, 5.41) is 5.60. The highest BCUT2D eigenvalue weighted by Crippen LogP contribution is 2.16. The summed E-state index contributed by atoms with van der Waals surface area (Å²) in [4.78, 5) is 23.7. The summed E-state index contributed by atoms with van der Waals surface area (Å²) in [6.45, 7) is 2.74. The number of rotatable bonds is 4. The minimum absolute atomic E-state index is 0.0914. The van der Waals surface area contributed by atoms with E-state index in [1.165, 1.54) is 0 Å². The molecule has 1 aromatic carbocycles. The van der Waals surface area contributed by atoms with Crippen molar-refractivity contribution in [2.24, 2.45) is 0 Å². The van der Waals surface area contributed by atoms with Gasteiger partial charge in [-0.2, -0.15) is 0 Å². The number of benzene rings is 1. The second-order valence-electron chi connectivity index (χ2n) is 4.53. The Kier molecular flexibility index (Phi) is 3.97. The van der Waals surface area contributed by atoms with Crippen LogP contribution in [0.25, 0.3) is 0 Å². The van der Waals surface area contributed by atoms with Crippen LogP contribution >= 0.6 is 0 Å². The van der Waals surface area contributed by atoms with Gasteiger partial charge in [0.2, 0.25) is 5.91 Å². The van der Waals surface area contributed by atoms with E-state index in [9.17, 15) is 9.59 Å². The van der Waals surface area contributed by atoms with Gasteiger partial charge in [-0.3, -0.25) is 9.59 Å². The summed E-state index contributed by atoms with van der Waals surface area (Å²) in [5.74, 6) is -0.251. The summed E-state index contributed by atoms with van der Waals surface area (Å²) in [7, 11) is 0. The first kappa shape index (κ1) is 12.6. The summed E-state index contributed by atoms with van der Waals surface area (Å²) < 4.78 is 0. The zero-order valence-electron chi connectivity index (χ0n) is 10.5. The van der Waals surface area contributed by atoms with Crippen molar-refractivity contribution in [2.75, 3.05) is 6.54 Å². The van der Waals surface area contributed by atoms with Gasteiger partial charge in [-0.25, -0.2) is 0 Å². The molecule has 1 aliphatic heterocycles. The van der Waals surface area contributed by atoms with Crippen LogP contribution in [0.2, 0.25) is 0 Å². The van der Waals surface area contributed by atoms with Crippen molar-refractivity contribution >= 4 is 11.8 Å². The highest BCUT2D eigenvalue weighted by atomic mass is 16.2. The van der Waals surface area contributed by atoms with Crippen molar-refractivity contribution in [3.8, 4) is 0 Å². The predicted octanol–water partition coefficient (Wildman–Crippen LogP) is 1.26. The Morgan fingerprint density at radius 2 is 2.22 bits per heavy atom. The third-order valence-corrected chi connectivity index (χ3v) is 3.14. The molecule has 2 amide bonds. The van der Waals surface area contributed by atoms with E-state index in [1.54, 1.807) is 6.07 Å². The number of hydrogen-bond donors (Lipinski definition) is 2. The van der Waals surface area contributed by atoms with Crippen molar-refractivity contribution in [3.05, 3.63) is 35.4 Å². The molecule has 1 atom stereocenters. The summed E-state index contributed by atoms with van der Waals surface area (Å²) in [5.41, 5.74) is 1.62. The van der Waals surface area contributed by atoms with E-state index in [-0.39, 0.29) is 11.8 Å². The number of unbranched alkanes of at least 4 members (excludes halogenated alkanes) is 1. The fourth-order valence-corrected chi connectivity index (χ4v) is 2.10. The quantitative estimate of drug-likeness (QED) is 0.786. The fourth-order valence-electron chi connectivity index (χ4n) is 2.10. The number of carbonyl (C=O) groups is 2. The van der Waals surface area contributed by atoms with E-state index < -0.39 is 6.04 Å². The third-order valence-electron chi connectivity index (χ3n) is 3.14. The molecule has 1 heterocycles. The van der Waals surface area contributed by atoms with Gasteiger partial charge >= 0.3 is 0 Å². The van der Waals surface area contributed by atoms with Crippen LogP contribution in [-0.2, 0) is 11.2 Å². The Hall–Kier alpha value is -1.84. The molecule has 96 valence electrons. The van der Waals surface area contributed by atoms with Gasteiger partial charge in [-0.05, 0) is 18.1 Å². The number of carbonyl (C=O) groups excluding carboxylic acids is 2. The first-order valence-electron chi connectivity index (χ1n) is 6.39. The van der Waals surface area contributed by atoms with Gasteiger partial charge in [0.1, 0.15) is 6.04 Å². The molecule has 0 unspecified atom stereocenters. The van der Waals surface area contributed by atoms with Crippen molar-refractivity contribution in [1.82, 2.24) is 10.6 Å². The molecule has 0 aromatic heterocycles. The second-order valence-corrected chi connectivity index (χ2v) is 4.53. The predicted molar refractivity (Wildman–Crippen MR) is 69.3 cm³/mol. The summed E-state index contributed by atoms with van der Waals surface area (Å²) in [6, 6.07) is 6.98. The van der Waals surface area contributed by atoms with Gasteiger partial charge in [0.25, 0.3) is 5.91 Å². The maximum atomic E-state index is 11.9. The molecule has 1 aromatic rings. The molecule has 18 heavy (non-hydrogen) atoms. The van der Waals surface area contributed by atoms with Gasteiger partial charge in [0.15, 0.2) is 0 Å². The normalized spacial score (nSPS) is 17.8. The topological polar surface area (TPSA) is 58.2 Å². The minimum atomic E-state index is -0.441. The molecule has 0 saturated carbocycles. The molecular weight excluding hydrogens is 228 g/mol. The van der Waals surface area contributed by atoms with E-state index in [4.69, 9.17) is 0 Å². The Balaban J connectivity index is 2.02. The Labute approximate surface area is 107 Å². The lowest BCUT2D eigenvalue weighted by Crippen LogP contribution is -2.51. The lowest BCUT2D eigenvalue weighted by atomic mass is 9.95. The largest absolute Gasteiger partial charge is 0.354 e. The van der Waals surface area contributed by atoms with Crippen LogP contribution in [0.1, 0.15) is 35.7 Å². The standard InChI is InChI=1S/C14H18N2O2/c1-2-3-8-15-14(18)12-9-10-6-4-5-7-11(10)13(17)16-12/h4-7,12H,2-3,8-9H2,1H3,(H,15,18)(H,16,17)/t12-/m1/s1. The number of amides is 2.